The lowest BCUT2D eigenvalue weighted by Crippen LogP contribution is -3.08. The van der Waals surface area contributed by atoms with Crippen LogP contribution in [0.5, 0.6) is 11.5 Å². The van der Waals surface area contributed by atoms with Crippen molar-refractivity contribution < 1.29 is 14.4 Å². The van der Waals surface area contributed by atoms with Crippen molar-refractivity contribution in [2.45, 2.75) is 25.4 Å². The van der Waals surface area contributed by atoms with Crippen molar-refractivity contribution in [3.63, 3.8) is 0 Å². The Hall–Kier alpha value is -2.11. The number of fused-ring (bicyclic) bond motifs is 2. The number of nitrogens with zero attached hydrogens (tertiary/aromatic N) is 1. The second-order valence-corrected chi connectivity index (χ2v) is 7.87. The second-order valence-electron chi connectivity index (χ2n) is 6.76. The van der Waals surface area contributed by atoms with Gasteiger partial charge >= 0.3 is 0 Å². The van der Waals surface area contributed by atoms with Crippen LogP contribution in [0.1, 0.15) is 29.5 Å². The monoisotopic (exact) mass is 353 g/mol. The molecule has 0 spiro atoms. The molecule has 3 heterocycles. The first-order valence-electron chi connectivity index (χ1n) is 8.95. The van der Waals surface area contributed by atoms with E-state index >= 15 is 0 Å². The van der Waals surface area contributed by atoms with Crippen molar-refractivity contribution in [3.8, 4) is 11.5 Å². The molecule has 1 aromatic heterocycles. The number of ether oxygens (including phenoxy) is 2. The Kier molecular flexibility index (Phi) is 3.83. The van der Waals surface area contributed by atoms with Crippen LogP contribution in [0.25, 0.3) is 10.2 Å². The highest BCUT2D eigenvalue weighted by molar-refractivity contribution is 7.18. The molecule has 3 aromatic rings. The number of aromatic nitrogens is 1. The summed E-state index contributed by atoms with van der Waals surface area (Å²) >= 11 is 1.83. The molecule has 5 heteroatoms. The topological polar surface area (TPSA) is 35.8 Å². The second kappa shape index (κ2) is 6.32. The summed E-state index contributed by atoms with van der Waals surface area (Å²) in [6.07, 6.45) is 2.49. The normalized spacial score (nSPS) is 22.4. The summed E-state index contributed by atoms with van der Waals surface area (Å²) in [5.74, 6) is 1.77. The van der Waals surface area contributed by atoms with E-state index in [9.17, 15) is 0 Å². The number of likely N-dealkylation sites (tertiary alicyclic amines) is 1. The highest BCUT2D eigenvalue weighted by Gasteiger charge is 2.31. The molecule has 2 aliphatic heterocycles. The molecular weight excluding hydrogens is 332 g/mol. The predicted molar refractivity (Wildman–Crippen MR) is 98.6 cm³/mol. The van der Waals surface area contributed by atoms with Crippen molar-refractivity contribution in [2.75, 3.05) is 19.8 Å². The number of benzene rings is 2. The van der Waals surface area contributed by atoms with E-state index in [2.05, 4.69) is 42.5 Å². The van der Waals surface area contributed by atoms with Gasteiger partial charge in [0.05, 0.1) is 16.8 Å². The van der Waals surface area contributed by atoms with E-state index in [1.807, 2.05) is 11.3 Å². The first-order valence-corrected chi connectivity index (χ1v) is 9.77. The fourth-order valence-electron chi connectivity index (χ4n) is 3.99. The van der Waals surface area contributed by atoms with E-state index in [4.69, 9.17) is 14.5 Å². The Morgan fingerprint density at radius 1 is 1.08 bits per heavy atom. The smallest absolute Gasteiger partial charge is 0.161 e. The molecule has 128 valence electrons. The fraction of sp³-hybridized carbons (Fsp3) is 0.350. The summed E-state index contributed by atoms with van der Waals surface area (Å²) in [7, 11) is 0. The van der Waals surface area contributed by atoms with Gasteiger partial charge in [0.2, 0.25) is 0 Å². The average molecular weight is 353 g/mol. The molecule has 1 unspecified atom stereocenters. The fourth-order valence-corrected chi connectivity index (χ4v) is 5.01. The number of rotatable bonds is 3. The molecule has 5 rings (SSSR count). The van der Waals surface area contributed by atoms with Crippen LogP contribution in [0.2, 0.25) is 0 Å². The molecule has 1 fully saturated rings. The molecule has 2 aliphatic rings. The molecule has 4 nitrogen and oxygen atoms in total. The van der Waals surface area contributed by atoms with Gasteiger partial charge in [0, 0.05) is 18.4 Å². The van der Waals surface area contributed by atoms with E-state index in [1.54, 1.807) is 4.90 Å². The van der Waals surface area contributed by atoms with Gasteiger partial charge in [0.25, 0.3) is 0 Å². The van der Waals surface area contributed by atoms with Crippen molar-refractivity contribution >= 4 is 21.6 Å². The Morgan fingerprint density at radius 2 is 1.96 bits per heavy atom. The minimum Gasteiger partial charge on any atom is -0.486 e. The molecule has 2 atom stereocenters. The number of hydrogen-bond donors (Lipinski definition) is 1. The molecule has 1 N–H and O–H groups in total. The Bertz CT molecular complexity index is 875. The van der Waals surface area contributed by atoms with Crippen LogP contribution in [0.15, 0.2) is 42.5 Å². The zero-order valence-corrected chi connectivity index (χ0v) is 14.8. The summed E-state index contributed by atoms with van der Waals surface area (Å²) in [5, 5.41) is 1.24. The van der Waals surface area contributed by atoms with Crippen LogP contribution >= 0.6 is 11.3 Å². The summed E-state index contributed by atoms with van der Waals surface area (Å²) < 4.78 is 12.7. The quantitative estimate of drug-likeness (QED) is 0.786. The van der Waals surface area contributed by atoms with Crippen LogP contribution in [-0.4, -0.2) is 24.7 Å². The minimum atomic E-state index is 0.517. The van der Waals surface area contributed by atoms with Gasteiger partial charge in [-0.25, -0.2) is 4.98 Å². The molecule has 0 amide bonds. The molecule has 0 aliphatic carbocycles. The maximum Gasteiger partial charge on any atom is 0.161 e. The summed E-state index contributed by atoms with van der Waals surface area (Å²) in [6, 6.07) is 15.4. The third-order valence-electron chi connectivity index (χ3n) is 5.17. The first kappa shape index (κ1) is 15.2. The summed E-state index contributed by atoms with van der Waals surface area (Å²) in [4.78, 5) is 6.43. The highest BCUT2D eigenvalue weighted by Crippen LogP contribution is 2.33. The van der Waals surface area contributed by atoms with Crippen molar-refractivity contribution in [1.29, 1.82) is 0 Å². The number of nitrogens with one attached hydrogen (secondary N) is 1. The third kappa shape index (κ3) is 2.87. The van der Waals surface area contributed by atoms with E-state index in [-0.39, 0.29) is 0 Å². The standard InChI is InChI=1S/C20H20N2O2S/c1-2-6-19-15(4-1)21-20(25-19)13-22-9-3-5-16(22)14-7-8-17-18(12-14)24-11-10-23-17/h1-2,4,6-8,12,16H,3,5,9-11,13H2/p+1/t16-/m1/s1. The molecule has 2 aromatic carbocycles. The van der Waals surface area contributed by atoms with Gasteiger partial charge in [-0.1, -0.05) is 12.1 Å². The third-order valence-corrected chi connectivity index (χ3v) is 6.20. The summed E-state index contributed by atoms with van der Waals surface area (Å²) in [5.41, 5.74) is 2.48. The SMILES string of the molecule is c1ccc2sc(C[NH+]3CCC[C@@H]3c3ccc4c(c3)OCCO4)nc2c1. The number of para-hydroxylation sites is 1. The first-order chi connectivity index (χ1) is 12.4. The Morgan fingerprint density at radius 3 is 2.88 bits per heavy atom. The molecule has 0 radical (unpaired) electrons. The predicted octanol–water partition coefficient (Wildman–Crippen LogP) is 2.99. The van der Waals surface area contributed by atoms with Crippen LogP contribution in [-0.2, 0) is 6.54 Å². The van der Waals surface area contributed by atoms with Gasteiger partial charge in [0.15, 0.2) is 11.5 Å². The average Bonchev–Trinajstić information content (AvgIpc) is 3.27. The van der Waals surface area contributed by atoms with Gasteiger partial charge in [-0.15, -0.1) is 11.3 Å². The Balaban J connectivity index is 1.40. The van der Waals surface area contributed by atoms with Crippen molar-refractivity contribution in [2.24, 2.45) is 0 Å². The molecule has 0 bridgehead atoms. The lowest BCUT2D eigenvalue weighted by atomic mass is 10.0. The van der Waals surface area contributed by atoms with Gasteiger partial charge in [0.1, 0.15) is 30.8 Å². The van der Waals surface area contributed by atoms with Gasteiger partial charge in [-0.05, 0) is 30.3 Å². The van der Waals surface area contributed by atoms with Crippen LogP contribution in [0.3, 0.4) is 0 Å². The van der Waals surface area contributed by atoms with Crippen LogP contribution in [0, 0.1) is 0 Å². The maximum atomic E-state index is 5.77. The molecule has 25 heavy (non-hydrogen) atoms. The van der Waals surface area contributed by atoms with Crippen molar-refractivity contribution in [3.05, 3.63) is 53.0 Å². The molecule has 0 saturated carbocycles. The van der Waals surface area contributed by atoms with E-state index in [0.717, 1.165) is 23.6 Å². The van der Waals surface area contributed by atoms with E-state index in [1.165, 1.54) is 34.7 Å². The highest BCUT2D eigenvalue weighted by atomic mass is 32.1. The van der Waals surface area contributed by atoms with E-state index in [0.29, 0.717) is 19.3 Å². The van der Waals surface area contributed by atoms with Gasteiger partial charge < -0.3 is 14.4 Å². The summed E-state index contributed by atoms with van der Waals surface area (Å²) in [6.45, 7) is 3.49. The number of quaternary nitrogens is 1. The zero-order chi connectivity index (χ0) is 16.6. The van der Waals surface area contributed by atoms with Crippen LogP contribution in [0.4, 0.5) is 0 Å². The van der Waals surface area contributed by atoms with E-state index < -0.39 is 0 Å². The number of hydrogen-bond acceptors (Lipinski definition) is 4. The molecular formula is C20H21N2O2S+. The zero-order valence-electron chi connectivity index (χ0n) is 14.0. The largest absolute Gasteiger partial charge is 0.486 e. The Labute approximate surface area is 151 Å². The maximum absolute atomic E-state index is 5.77. The van der Waals surface area contributed by atoms with Gasteiger partial charge in [-0.3, -0.25) is 0 Å². The van der Waals surface area contributed by atoms with Crippen LogP contribution < -0.4 is 14.4 Å². The number of thiazole rings is 1. The van der Waals surface area contributed by atoms with Crippen molar-refractivity contribution in [1.82, 2.24) is 4.98 Å². The van der Waals surface area contributed by atoms with Gasteiger partial charge in [-0.2, -0.15) is 0 Å². The minimum absolute atomic E-state index is 0.517. The lowest BCUT2D eigenvalue weighted by Gasteiger charge is -2.23. The molecule has 1 saturated heterocycles. The lowest BCUT2D eigenvalue weighted by molar-refractivity contribution is -0.932.